The van der Waals surface area contributed by atoms with Gasteiger partial charge in [-0.3, -0.25) is 0 Å². The van der Waals surface area contributed by atoms with E-state index in [2.05, 4.69) is 10.6 Å². The zero-order valence-corrected chi connectivity index (χ0v) is 13.9. The molecule has 0 aromatic heterocycles. The van der Waals surface area contributed by atoms with Gasteiger partial charge in [0.15, 0.2) is 0 Å². The maximum atomic E-state index is 11.5. The number of benzene rings is 1. The molecule has 1 heterocycles. The van der Waals surface area contributed by atoms with Crippen LogP contribution in [0.3, 0.4) is 0 Å². The Balaban J connectivity index is 2.33. The summed E-state index contributed by atoms with van der Waals surface area (Å²) in [5.41, 5.74) is 0.731. The molecule has 1 aliphatic heterocycles. The quantitative estimate of drug-likeness (QED) is 0.769. The van der Waals surface area contributed by atoms with E-state index in [0.717, 1.165) is 31.5 Å². The minimum atomic E-state index is -0.615. The van der Waals surface area contributed by atoms with Gasteiger partial charge in [0.25, 0.3) is 0 Å². The third-order valence-corrected chi connectivity index (χ3v) is 3.86. The number of anilines is 1. The molecule has 1 saturated heterocycles. The van der Waals surface area contributed by atoms with E-state index in [4.69, 9.17) is 9.47 Å². The molecular formula is C16H23N3O5. The third kappa shape index (κ3) is 4.51. The van der Waals surface area contributed by atoms with Crippen LogP contribution in [-0.4, -0.2) is 50.6 Å². The summed E-state index contributed by atoms with van der Waals surface area (Å²) in [6.07, 6.45) is 1.70. The number of aliphatic hydroxyl groups is 1. The number of hydrogen-bond acceptors (Lipinski definition) is 6. The molecule has 3 N–H and O–H groups in total. The molecule has 0 saturated carbocycles. The van der Waals surface area contributed by atoms with Gasteiger partial charge in [-0.2, -0.15) is 0 Å². The standard InChI is InChI=1S/C16H23N3O5/c1-17-15(21)23-13-7-12(8-14(9-13)24-16(22)18-2)19-6-4-3-5-11(19)10-20/h7-9,11,20H,3-6,10H2,1-2H3,(H,17,21)(H,18,22). The Morgan fingerprint density at radius 3 is 2.21 bits per heavy atom. The van der Waals surface area contributed by atoms with Gasteiger partial charge < -0.3 is 30.1 Å². The second kappa shape index (κ2) is 8.39. The van der Waals surface area contributed by atoms with Crippen molar-refractivity contribution in [2.24, 2.45) is 0 Å². The molecular weight excluding hydrogens is 314 g/mol. The summed E-state index contributed by atoms with van der Waals surface area (Å²) in [6.45, 7) is 0.806. The highest BCUT2D eigenvalue weighted by Crippen LogP contribution is 2.32. The molecule has 1 unspecified atom stereocenters. The fraction of sp³-hybridized carbons (Fsp3) is 0.500. The molecule has 1 aromatic carbocycles. The van der Waals surface area contributed by atoms with Gasteiger partial charge in [-0.1, -0.05) is 0 Å². The lowest BCUT2D eigenvalue weighted by atomic mass is 10.0. The zero-order valence-electron chi connectivity index (χ0n) is 13.9. The van der Waals surface area contributed by atoms with Gasteiger partial charge in [0.2, 0.25) is 0 Å². The predicted molar refractivity (Wildman–Crippen MR) is 88.7 cm³/mol. The molecule has 24 heavy (non-hydrogen) atoms. The maximum Gasteiger partial charge on any atom is 0.412 e. The van der Waals surface area contributed by atoms with Crippen LogP contribution in [0.25, 0.3) is 0 Å². The lowest BCUT2D eigenvalue weighted by Crippen LogP contribution is -2.42. The van der Waals surface area contributed by atoms with Crippen LogP contribution in [0.1, 0.15) is 19.3 Å². The van der Waals surface area contributed by atoms with Crippen molar-refractivity contribution >= 4 is 17.9 Å². The molecule has 1 atom stereocenters. The molecule has 2 rings (SSSR count). The summed E-state index contributed by atoms with van der Waals surface area (Å²) in [6, 6.07) is 4.84. The molecule has 2 amide bonds. The van der Waals surface area contributed by atoms with Gasteiger partial charge >= 0.3 is 12.2 Å². The summed E-state index contributed by atoms with van der Waals surface area (Å²) in [7, 11) is 2.92. The Bertz CT molecular complexity index is 557. The Labute approximate surface area is 140 Å². The number of nitrogens with zero attached hydrogens (tertiary/aromatic N) is 1. The van der Waals surface area contributed by atoms with Gasteiger partial charge in [0.05, 0.1) is 12.6 Å². The van der Waals surface area contributed by atoms with Crippen molar-refractivity contribution in [2.45, 2.75) is 25.3 Å². The van der Waals surface area contributed by atoms with Crippen molar-refractivity contribution in [2.75, 3.05) is 32.1 Å². The molecule has 132 valence electrons. The van der Waals surface area contributed by atoms with Gasteiger partial charge in [-0.25, -0.2) is 9.59 Å². The molecule has 8 heteroatoms. The number of carbonyl (C=O) groups excluding carboxylic acids is 2. The van der Waals surface area contributed by atoms with Crippen LogP contribution in [0.15, 0.2) is 18.2 Å². The Morgan fingerprint density at radius 2 is 1.71 bits per heavy atom. The minimum Gasteiger partial charge on any atom is -0.410 e. The highest BCUT2D eigenvalue weighted by atomic mass is 16.6. The molecule has 1 fully saturated rings. The Hall–Kier alpha value is -2.48. The number of rotatable bonds is 4. The first-order chi connectivity index (χ1) is 11.6. The lowest BCUT2D eigenvalue weighted by molar-refractivity contribution is 0.201. The largest absolute Gasteiger partial charge is 0.412 e. The molecule has 1 aromatic rings. The van der Waals surface area contributed by atoms with Gasteiger partial charge in [0, 0.05) is 44.5 Å². The maximum absolute atomic E-state index is 11.5. The van der Waals surface area contributed by atoms with Crippen LogP contribution < -0.4 is 25.0 Å². The SMILES string of the molecule is CNC(=O)Oc1cc(OC(=O)NC)cc(N2CCCCC2CO)c1. The topological polar surface area (TPSA) is 100 Å². The summed E-state index contributed by atoms with van der Waals surface area (Å²) in [5.74, 6) is 0.515. The number of ether oxygens (including phenoxy) is 2. The van der Waals surface area contributed by atoms with E-state index in [0.29, 0.717) is 0 Å². The van der Waals surface area contributed by atoms with E-state index in [1.807, 2.05) is 4.90 Å². The fourth-order valence-corrected chi connectivity index (χ4v) is 2.69. The number of amides is 2. The second-order valence-electron chi connectivity index (χ2n) is 5.47. The van der Waals surface area contributed by atoms with Crippen molar-refractivity contribution < 1.29 is 24.2 Å². The van der Waals surface area contributed by atoms with Crippen molar-refractivity contribution in [1.29, 1.82) is 0 Å². The molecule has 8 nitrogen and oxygen atoms in total. The van der Waals surface area contributed by atoms with E-state index in [1.165, 1.54) is 20.2 Å². The lowest BCUT2D eigenvalue weighted by Gasteiger charge is -2.36. The third-order valence-electron chi connectivity index (χ3n) is 3.86. The highest BCUT2D eigenvalue weighted by Gasteiger charge is 2.23. The molecule has 0 radical (unpaired) electrons. The van der Waals surface area contributed by atoms with E-state index < -0.39 is 12.2 Å². The number of piperidine rings is 1. The van der Waals surface area contributed by atoms with Crippen LogP contribution in [0.2, 0.25) is 0 Å². The first-order valence-electron chi connectivity index (χ1n) is 7.89. The number of hydrogen-bond donors (Lipinski definition) is 3. The average Bonchev–Trinajstić information content (AvgIpc) is 2.61. The van der Waals surface area contributed by atoms with Gasteiger partial charge in [0.1, 0.15) is 11.5 Å². The Kier molecular flexibility index (Phi) is 6.25. The molecule has 0 aliphatic carbocycles. The second-order valence-corrected chi connectivity index (χ2v) is 5.47. The predicted octanol–water partition coefficient (Wildman–Crippen LogP) is 1.47. The van der Waals surface area contributed by atoms with Crippen LogP contribution in [0.5, 0.6) is 11.5 Å². The summed E-state index contributed by atoms with van der Waals surface area (Å²) < 4.78 is 10.3. The normalized spacial score (nSPS) is 17.1. The van der Waals surface area contributed by atoms with E-state index in [9.17, 15) is 14.7 Å². The van der Waals surface area contributed by atoms with Crippen LogP contribution in [0, 0.1) is 0 Å². The Morgan fingerprint density at radius 1 is 1.12 bits per heavy atom. The first-order valence-corrected chi connectivity index (χ1v) is 7.89. The van der Waals surface area contributed by atoms with E-state index in [1.54, 1.807) is 12.1 Å². The highest BCUT2D eigenvalue weighted by molar-refractivity contribution is 5.73. The van der Waals surface area contributed by atoms with Crippen LogP contribution >= 0.6 is 0 Å². The number of nitrogens with one attached hydrogen (secondary N) is 2. The summed E-state index contributed by atoms with van der Waals surface area (Å²) in [5, 5.41) is 14.3. The average molecular weight is 337 g/mol. The molecule has 0 spiro atoms. The minimum absolute atomic E-state index is 0.0122. The van der Waals surface area contributed by atoms with Crippen molar-refractivity contribution in [1.82, 2.24) is 10.6 Å². The molecule has 1 aliphatic rings. The smallest absolute Gasteiger partial charge is 0.410 e. The summed E-state index contributed by atoms with van der Waals surface area (Å²) >= 11 is 0. The van der Waals surface area contributed by atoms with E-state index >= 15 is 0 Å². The van der Waals surface area contributed by atoms with Crippen molar-refractivity contribution in [3.05, 3.63) is 18.2 Å². The zero-order chi connectivity index (χ0) is 17.5. The van der Waals surface area contributed by atoms with Gasteiger partial charge in [-0.05, 0) is 19.3 Å². The number of aliphatic hydroxyl groups excluding tert-OH is 1. The summed E-state index contributed by atoms with van der Waals surface area (Å²) in [4.78, 5) is 25.0. The monoisotopic (exact) mass is 337 g/mol. The van der Waals surface area contributed by atoms with Crippen LogP contribution in [0.4, 0.5) is 15.3 Å². The fourth-order valence-electron chi connectivity index (χ4n) is 2.69. The van der Waals surface area contributed by atoms with Gasteiger partial charge in [-0.15, -0.1) is 0 Å². The van der Waals surface area contributed by atoms with Crippen molar-refractivity contribution in [3.8, 4) is 11.5 Å². The molecule has 0 bridgehead atoms. The number of carbonyl (C=O) groups is 2. The first kappa shape index (κ1) is 17.9. The van der Waals surface area contributed by atoms with E-state index in [-0.39, 0.29) is 24.1 Å². The van der Waals surface area contributed by atoms with Crippen molar-refractivity contribution in [3.63, 3.8) is 0 Å². The van der Waals surface area contributed by atoms with Crippen LogP contribution in [-0.2, 0) is 0 Å².